The van der Waals surface area contributed by atoms with Gasteiger partial charge in [-0.25, -0.2) is 0 Å². The van der Waals surface area contributed by atoms with Crippen LogP contribution in [0.5, 0.6) is 0 Å². The van der Waals surface area contributed by atoms with Gasteiger partial charge in [-0.2, -0.15) is 0 Å². The summed E-state index contributed by atoms with van der Waals surface area (Å²) in [6.45, 7) is 4.09. The van der Waals surface area contributed by atoms with Crippen molar-refractivity contribution in [3.8, 4) is 0 Å². The van der Waals surface area contributed by atoms with E-state index in [1.54, 1.807) is 0 Å². The highest BCUT2D eigenvalue weighted by molar-refractivity contribution is 6.13. The molecule has 0 aliphatic carbocycles. The molecule has 0 saturated carbocycles. The molecule has 2 heteroatoms. The van der Waals surface area contributed by atoms with E-state index in [4.69, 9.17) is 12.6 Å². The lowest BCUT2D eigenvalue weighted by atomic mass is 9.94. The first kappa shape index (κ1) is 6.88. The van der Waals surface area contributed by atoms with Crippen LogP contribution < -0.4 is 0 Å². The molecular formula is C7H11BO. The van der Waals surface area contributed by atoms with Gasteiger partial charge < -0.3 is 4.74 Å². The summed E-state index contributed by atoms with van der Waals surface area (Å²) < 4.78 is 5.31. The molecule has 48 valence electrons. The summed E-state index contributed by atoms with van der Waals surface area (Å²) in [6, 6.07) is -0.144. The van der Waals surface area contributed by atoms with Gasteiger partial charge in [-0.15, -0.1) is 0 Å². The summed E-state index contributed by atoms with van der Waals surface area (Å²) >= 11 is 0. The van der Waals surface area contributed by atoms with E-state index in [2.05, 4.69) is 13.0 Å². The van der Waals surface area contributed by atoms with E-state index in [9.17, 15) is 0 Å². The zero-order valence-corrected chi connectivity index (χ0v) is 5.92. The van der Waals surface area contributed by atoms with Crippen LogP contribution in [0.15, 0.2) is 11.6 Å². The number of rotatable bonds is 1. The standard InChI is InChI=1S/C7H11BO/c1-3-6-4-5(2)7(8)9-6/h4,6-7H,3H2,1-2H3/t6?,7-/m1/s1. The molecule has 1 unspecified atom stereocenters. The van der Waals surface area contributed by atoms with Crippen molar-refractivity contribution < 1.29 is 4.74 Å². The fourth-order valence-electron chi connectivity index (χ4n) is 0.937. The molecule has 2 radical (unpaired) electrons. The quantitative estimate of drug-likeness (QED) is 0.375. The van der Waals surface area contributed by atoms with Gasteiger partial charge in [0.05, 0.1) is 6.10 Å². The van der Waals surface area contributed by atoms with Crippen LogP contribution in [-0.2, 0) is 4.74 Å². The summed E-state index contributed by atoms with van der Waals surface area (Å²) in [6.07, 6.45) is 3.37. The highest BCUT2D eigenvalue weighted by Gasteiger charge is 2.17. The van der Waals surface area contributed by atoms with E-state index < -0.39 is 0 Å². The maximum Gasteiger partial charge on any atom is 0.115 e. The van der Waals surface area contributed by atoms with Crippen LogP contribution in [0, 0.1) is 0 Å². The molecule has 0 fully saturated rings. The maximum atomic E-state index is 5.55. The summed E-state index contributed by atoms with van der Waals surface area (Å²) in [5.74, 6) is 0. The van der Waals surface area contributed by atoms with Gasteiger partial charge in [0.1, 0.15) is 7.85 Å². The zero-order chi connectivity index (χ0) is 6.85. The molecular weight excluding hydrogens is 111 g/mol. The third-order valence-electron chi connectivity index (χ3n) is 1.62. The molecule has 2 atom stereocenters. The van der Waals surface area contributed by atoms with Gasteiger partial charge in [-0.3, -0.25) is 0 Å². The average Bonchev–Trinajstić information content (AvgIpc) is 2.13. The predicted octanol–water partition coefficient (Wildman–Crippen LogP) is 1.24. The average molecular weight is 122 g/mol. The Balaban J connectivity index is 2.52. The van der Waals surface area contributed by atoms with Crippen LogP contribution in [0.25, 0.3) is 0 Å². The molecule has 1 nitrogen and oxygen atoms in total. The molecule has 0 aromatic heterocycles. The minimum absolute atomic E-state index is 0.144. The zero-order valence-electron chi connectivity index (χ0n) is 5.92. The van der Waals surface area contributed by atoms with Gasteiger partial charge >= 0.3 is 0 Å². The van der Waals surface area contributed by atoms with Crippen LogP contribution in [0.4, 0.5) is 0 Å². The summed E-state index contributed by atoms with van der Waals surface area (Å²) in [5.41, 5.74) is 1.15. The van der Waals surface area contributed by atoms with Gasteiger partial charge in [-0.1, -0.05) is 18.6 Å². The van der Waals surface area contributed by atoms with Crippen LogP contribution in [0.1, 0.15) is 20.3 Å². The minimum Gasteiger partial charge on any atom is -0.377 e. The molecule has 9 heavy (non-hydrogen) atoms. The Morgan fingerprint density at radius 2 is 2.44 bits per heavy atom. The first-order valence-electron chi connectivity index (χ1n) is 3.33. The van der Waals surface area contributed by atoms with Gasteiger partial charge in [0.2, 0.25) is 0 Å². The van der Waals surface area contributed by atoms with Crippen LogP contribution in [0.2, 0.25) is 0 Å². The Bertz CT molecular complexity index is 131. The van der Waals surface area contributed by atoms with E-state index in [-0.39, 0.29) is 12.1 Å². The second-order valence-electron chi connectivity index (χ2n) is 2.41. The Hall–Kier alpha value is -0.235. The van der Waals surface area contributed by atoms with Crippen molar-refractivity contribution in [3.63, 3.8) is 0 Å². The van der Waals surface area contributed by atoms with Gasteiger partial charge in [0, 0.05) is 6.00 Å². The van der Waals surface area contributed by atoms with Crippen molar-refractivity contribution in [2.75, 3.05) is 0 Å². The van der Waals surface area contributed by atoms with Crippen molar-refractivity contribution in [2.24, 2.45) is 0 Å². The lowest BCUT2D eigenvalue weighted by molar-refractivity contribution is 0.0987. The number of hydrogen-bond donors (Lipinski definition) is 0. The molecule has 0 amide bonds. The van der Waals surface area contributed by atoms with Crippen LogP contribution in [0.3, 0.4) is 0 Å². The Kier molecular flexibility index (Phi) is 1.96. The third-order valence-corrected chi connectivity index (χ3v) is 1.62. The third kappa shape index (κ3) is 1.36. The molecule has 1 aliphatic rings. The second-order valence-corrected chi connectivity index (χ2v) is 2.41. The van der Waals surface area contributed by atoms with Gasteiger partial charge in [0.25, 0.3) is 0 Å². The largest absolute Gasteiger partial charge is 0.377 e. The normalized spacial score (nSPS) is 34.7. The smallest absolute Gasteiger partial charge is 0.115 e. The van der Waals surface area contributed by atoms with Crippen LogP contribution in [-0.4, -0.2) is 20.0 Å². The topological polar surface area (TPSA) is 9.23 Å². The van der Waals surface area contributed by atoms with Gasteiger partial charge in [-0.05, 0) is 13.3 Å². The summed E-state index contributed by atoms with van der Waals surface area (Å²) in [4.78, 5) is 0. The lowest BCUT2D eigenvalue weighted by Gasteiger charge is -2.08. The second kappa shape index (κ2) is 2.57. The Morgan fingerprint density at radius 1 is 1.78 bits per heavy atom. The maximum absolute atomic E-state index is 5.55. The van der Waals surface area contributed by atoms with E-state index in [1.807, 2.05) is 6.92 Å². The van der Waals surface area contributed by atoms with Crippen molar-refractivity contribution in [1.82, 2.24) is 0 Å². The highest BCUT2D eigenvalue weighted by Crippen LogP contribution is 2.18. The summed E-state index contributed by atoms with van der Waals surface area (Å²) in [5, 5.41) is 0. The van der Waals surface area contributed by atoms with E-state index in [0.717, 1.165) is 12.0 Å². The number of hydrogen-bond acceptors (Lipinski definition) is 1. The van der Waals surface area contributed by atoms with Crippen molar-refractivity contribution in [1.29, 1.82) is 0 Å². The predicted molar refractivity (Wildman–Crippen MR) is 38.5 cm³/mol. The molecule has 1 rings (SSSR count). The fraction of sp³-hybridized carbons (Fsp3) is 0.714. The van der Waals surface area contributed by atoms with Crippen LogP contribution >= 0.6 is 0 Å². The first-order valence-corrected chi connectivity index (χ1v) is 3.33. The molecule has 0 saturated heterocycles. The van der Waals surface area contributed by atoms with Gasteiger partial charge in [0.15, 0.2) is 0 Å². The van der Waals surface area contributed by atoms with Crippen molar-refractivity contribution in [3.05, 3.63) is 11.6 Å². The fourth-order valence-corrected chi connectivity index (χ4v) is 0.937. The van der Waals surface area contributed by atoms with E-state index >= 15 is 0 Å². The Morgan fingerprint density at radius 3 is 2.67 bits per heavy atom. The van der Waals surface area contributed by atoms with Crippen molar-refractivity contribution >= 4 is 7.85 Å². The summed E-state index contributed by atoms with van der Waals surface area (Å²) in [7, 11) is 5.55. The Labute approximate surface area is 57.5 Å². The molecule has 0 N–H and O–H groups in total. The first-order chi connectivity index (χ1) is 4.24. The SMILES string of the molecule is [B][C@@H]1OC(CC)C=C1C. The molecule has 0 aromatic carbocycles. The highest BCUT2D eigenvalue weighted by atomic mass is 16.5. The molecule has 1 aliphatic heterocycles. The molecule has 0 spiro atoms. The van der Waals surface area contributed by atoms with Crippen molar-refractivity contribution in [2.45, 2.75) is 32.4 Å². The van der Waals surface area contributed by atoms with E-state index in [1.165, 1.54) is 0 Å². The molecule has 0 aromatic rings. The monoisotopic (exact) mass is 122 g/mol. The minimum atomic E-state index is -0.144. The van der Waals surface area contributed by atoms with E-state index in [0.29, 0.717) is 0 Å². The molecule has 0 bridgehead atoms. The molecule has 1 heterocycles. The lowest BCUT2D eigenvalue weighted by Crippen LogP contribution is -2.12. The number of ether oxygens (including phenoxy) is 1.